The highest BCUT2D eigenvalue weighted by Crippen LogP contribution is 2.37. The number of carbonyl (C=O) groups is 2. The molecule has 0 atom stereocenters. The fourth-order valence-corrected chi connectivity index (χ4v) is 2.69. The van der Waals surface area contributed by atoms with E-state index < -0.39 is 11.8 Å². The topological polar surface area (TPSA) is 129 Å². The normalized spacial score (nSPS) is 11.4. The Bertz CT molecular complexity index is 1000. The number of methoxy groups -OCH3 is 1. The van der Waals surface area contributed by atoms with E-state index in [0.717, 1.165) is 0 Å². The summed E-state index contributed by atoms with van der Waals surface area (Å²) < 4.78 is 6.31. The van der Waals surface area contributed by atoms with Gasteiger partial charge in [0.15, 0.2) is 0 Å². The maximum absolute atomic E-state index is 12.2. The van der Waals surface area contributed by atoms with Crippen molar-refractivity contribution in [3.05, 3.63) is 47.8 Å². The second-order valence-corrected chi connectivity index (χ2v) is 5.80. The third-order valence-electron chi connectivity index (χ3n) is 4.05. The molecular formula is C18H18N4O5. The zero-order valence-corrected chi connectivity index (χ0v) is 14.5. The predicted octanol–water partition coefficient (Wildman–Crippen LogP) is 2.85. The lowest BCUT2D eigenvalue weighted by Crippen LogP contribution is -2.00. The Morgan fingerprint density at radius 3 is 2.56 bits per heavy atom. The van der Waals surface area contributed by atoms with E-state index in [1.54, 1.807) is 19.4 Å². The summed E-state index contributed by atoms with van der Waals surface area (Å²) in [4.78, 5) is 26.6. The van der Waals surface area contributed by atoms with Crippen molar-refractivity contribution in [2.24, 2.45) is 10.2 Å². The average Bonchev–Trinajstić information content (AvgIpc) is 3.29. The molecule has 0 unspecified atom stereocenters. The van der Waals surface area contributed by atoms with Gasteiger partial charge in [0, 0.05) is 42.8 Å². The number of rotatable bonds is 6. The number of aromatic hydroxyl groups is 2. The van der Waals surface area contributed by atoms with Gasteiger partial charge in [0.05, 0.1) is 0 Å². The van der Waals surface area contributed by atoms with Crippen molar-refractivity contribution in [2.75, 3.05) is 13.7 Å². The van der Waals surface area contributed by atoms with Gasteiger partial charge in [0.1, 0.15) is 5.69 Å². The molecule has 0 radical (unpaired) electrons. The number of H-pyrrole nitrogens is 1. The maximum Gasteiger partial charge on any atom is 0.311 e. The van der Waals surface area contributed by atoms with Crippen LogP contribution >= 0.6 is 0 Å². The molecule has 2 aromatic heterocycles. The smallest absolute Gasteiger partial charge is 0.311 e. The van der Waals surface area contributed by atoms with Crippen molar-refractivity contribution in [1.29, 1.82) is 0 Å². The highest BCUT2D eigenvalue weighted by molar-refractivity contribution is 6.02. The molecule has 0 saturated carbocycles. The number of azo groups is 1. The van der Waals surface area contributed by atoms with Gasteiger partial charge in [-0.05, 0) is 36.8 Å². The van der Waals surface area contributed by atoms with Gasteiger partial charge in [-0.15, -0.1) is 10.2 Å². The lowest BCUT2D eigenvalue weighted by atomic mass is 10.1. The largest absolute Gasteiger partial charge is 0.494 e. The molecule has 1 aromatic carbocycles. The van der Waals surface area contributed by atoms with Crippen LogP contribution in [0.1, 0.15) is 27.3 Å². The minimum atomic E-state index is -0.733. The highest BCUT2D eigenvalue weighted by atomic mass is 16.5. The molecule has 0 aliphatic carbocycles. The molecule has 9 heteroatoms. The van der Waals surface area contributed by atoms with E-state index in [4.69, 9.17) is 4.74 Å². The minimum Gasteiger partial charge on any atom is -0.494 e. The van der Waals surface area contributed by atoms with E-state index in [1.165, 1.54) is 28.8 Å². The van der Waals surface area contributed by atoms with E-state index in [9.17, 15) is 19.8 Å². The summed E-state index contributed by atoms with van der Waals surface area (Å²) in [6, 6.07) is 7.50. The van der Waals surface area contributed by atoms with Crippen LogP contribution in [0, 0.1) is 0 Å². The van der Waals surface area contributed by atoms with E-state index in [0.29, 0.717) is 30.3 Å². The summed E-state index contributed by atoms with van der Waals surface area (Å²) in [6.45, 7) is 0.834. The number of benzene rings is 1. The van der Waals surface area contributed by atoms with Crippen LogP contribution in [0.3, 0.4) is 0 Å². The van der Waals surface area contributed by atoms with Crippen molar-refractivity contribution < 1.29 is 24.5 Å². The zero-order chi connectivity index (χ0) is 19.4. The first-order chi connectivity index (χ1) is 13.0. The van der Waals surface area contributed by atoms with Gasteiger partial charge in [0.2, 0.25) is 11.8 Å². The lowest BCUT2D eigenvalue weighted by Gasteiger charge is -2.05. The SMILES string of the molecule is COCCCn1c(O)c2ccc(C(=O)N=NC(=O)c3ccc[nH]3)cc2c1O. The van der Waals surface area contributed by atoms with Crippen LogP contribution in [-0.2, 0) is 11.3 Å². The molecule has 3 N–H and O–H groups in total. The van der Waals surface area contributed by atoms with Gasteiger partial charge in [-0.25, -0.2) is 0 Å². The van der Waals surface area contributed by atoms with Crippen LogP contribution in [0.2, 0.25) is 0 Å². The first-order valence-electron chi connectivity index (χ1n) is 8.20. The third-order valence-corrected chi connectivity index (χ3v) is 4.05. The Hall–Kier alpha value is -3.46. The van der Waals surface area contributed by atoms with Crippen molar-refractivity contribution in [1.82, 2.24) is 9.55 Å². The van der Waals surface area contributed by atoms with Crippen molar-refractivity contribution in [2.45, 2.75) is 13.0 Å². The average molecular weight is 370 g/mol. The Morgan fingerprint density at radius 1 is 1.11 bits per heavy atom. The van der Waals surface area contributed by atoms with E-state index >= 15 is 0 Å². The molecule has 9 nitrogen and oxygen atoms in total. The number of amides is 2. The Morgan fingerprint density at radius 2 is 1.85 bits per heavy atom. The van der Waals surface area contributed by atoms with Crippen LogP contribution in [0.5, 0.6) is 11.8 Å². The predicted molar refractivity (Wildman–Crippen MR) is 96.1 cm³/mol. The summed E-state index contributed by atoms with van der Waals surface area (Å²) in [5, 5.41) is 28.2. The maximum atomic E-state index is 12.2. The van der Waals surface area contributed by atoms with Crippen LogP contribution in [0.4, 0.5) is 0 Å². The second-order valence-electron chi connectivity index (χ2n) is 5.80. The summed E-state index contributed by atoms with van der Waals surface area (Å²) >= 11 is 0. The Balaban J connectivity index is 1.84. The van der Waals surface area contributed by atoms with Gasteiger partial charge < -0.3 is 19.9 Å². The molecule has 0 saturated heterocycles. The summed E-state index contributed by atoms with van der Waals surface area (Å²) in [7, 11) is 1.57. The Labute approximate surface area is 153 Å². The first-order valence-corrected chi connectivity index (χ1v) is 8.20. The van der Waals surface area contributed by atoms with E-state index in [-0.39, 0.29) is 23.0 Å². The fraction of sp³-hybridized carbons (Fsp3) is 0.222. The highest BCUT2D eigenvalue weighted by Gasteiger charge is 2.18. The molecule has 0 bridgehead atoms. The van der Waals surface area contributed by atoms with Gasteiger partial charge >= 0.3 is 5.91 Å². The minimum absolute atomic E-state index is 0.0962. The number of ether oxygens (including phenoxy) is 1. The number of nitrogens with one attached hydrogen (secondary N) is 1. The number of hydrogen-bond donors (Lipinski definition) is 3. The van der Waals surface area contributed by atoms with Crippen LogP contribution in [0.15, 0.2) is 46.8 Å². The van der Waals surface area contributed by atoms with Gasteiger partial charge in [-0.2, -0.15) is 0 Å². The molecule has 2 heterocycles. The number of aromatic amines is 1. The van der Waals surface area contributed by atoms with Crippen LogP contribution in [-0.4, -0.2) is 45.3 Å². The van der Waals surface area contributed by atoms with Crippen LogP contribution in [0.25, 0.3) is 10.8 Å². The molecule has 0 fully saturated rings. The number of fused-ring (bicyclic) bond motifs is 1. The zero-order valence-electron chi connectivity index (χ0n) is 14.5. The summed E-state index contributed by atoms with van der Waals surface area (Å²) in [5.41, 5.74) is 0.354. The van der Waals surface area contributed by atoms with Gasteiger partial charge in [0.25, 0.3) is 5.91 Å². The molecular weight excluding hydrogens is 352 g/mol. The summed E-state index contributed by atoms with van der Waals surface area (Å²) in [6.07, 6.45) is 2.16. The molecule has 140 valence electrons. The van der Waals surface area contributed by atoms with E-state index in [1.807, 2.05) is 0 Å². The summed E-state index contributed by atoms with van der Waals surface area (Å²) in [5.74, 6) is -1.66. The van der Waals surface area contributed by atoms with Crippen molar-refractivity contribution in [3.8, 4) is 11.8 Å². The standard InChI is InChI=1S/C18H18N4O5/c1-27-9-3-8-22-17(25)12-6-5-11(10-13(12)18(22)26)15(23)20-21-16(24)14-4-2-7-19-14/h2,4-7,10,19,25-26H,3,8-9H2,1H3. The number of hydrogen-bond acceptors (Lipinski definition) is 5. The molecule has 0 aliphatic rings. The number of aromatic nitrogens is 2. The third kappa shape index (κ3) is 3.72. The first kappa shape index (κ1) is 18.3. The second kappa shape index (κ2) is 7.83. The fourth-order valence-electron chi connectivity index (χ4n) is 2.69. The Kier molecular flexibility index (Phi) is 5.32. The molecule has 0 aliphatic heterocycles. The van der Waals surface area contributed by atoms with Gasteiger partial charge in [-0.3, -0.25) is 14.2 Å². The number of carbonyl (C=O) groups excluding carboxylic acids is 2. The molecule has 3 rings (SSSR count). The molecule has 3 aromatic rings. The van der Waals surface area contributed by atoms with Crippen LogP contribution < -0.4 is 0 Å². The monoisotopic (exact) mass is 370 g/mol. The molecule has 2 amide bonds. The van der Waals surface area contributed by atoms with Crippen molar-refractivity contribution in [3.63, 3.8) is 0 Å². The molecule has 27 heavy (non-hydrogen) atoms. The molecule has 0 spiro atoms. The van der Waals surface area contributed by atoms with E-state index in [2.05, 4.69) is 15.2 Å². The van der Waals surface area contributed by atoms with Crippen molar-refractivity contribution >= 4 is 22.6 Å². The van der Waals surface area contributed by atoms with Gasteiger partial charge in [-0.1, -0.05) is 0 Å². The lowest BCUT2D eigenvalue weighted by molar-refractivity contribution is 0.0944. The quantitative estimate of drug-likeness (QED) is 0.454. The number of nitrogens with zero attached hydrogens (tertiary/aromatic N) is 3.